The molecule has 3 rings (SSSR count). The SMILES string of the molecule is CCCN(C(=O)Nc1ccc(NC(=O)NC(=O)c2ccccc2Cl)cc1)c1ccc(C)c(C)c1. The van der Waals surface area contributed by atoms with Gasteiger partial charge in [0.15, 0.2) is 0 Å². The van der Waals surface area contributed by atoms with E-state index in [1.807, 2.05) is 39.0 Å². The summed E-state index contributed by atoms with van der Waals surface area (Å²) in [7, 11) is 0. The molecule has 0 fully saturated rings. The summed E-state index contributed by atoms with van der Waals surface area (Å²) in [6, 6.07) is 18.1. The Hall–Kier alpha value is -3.84. The first-order chi connectivity index (χ1) is 16.3. The minimum atomic E-state index is -0.689. The molecule has 34 heavy (non-hydrogen) atoms. The van der Waals surface area contributed by atoms with Crippen LogP contribution in [-0.4, -0.2) is 24.5 Å². The van der Waals surface area contributed by atoms with E-state index in [4.69, 9.17) is 11.6 Å². The van der Waals surface area contributed by atoms with Gasteiger partial charge in [0.1, 0.15) is 0 Å². The predicted molar refractivity (Wildman–Crippen MR) is 137 cm³/mol. The number of amides is 5. The molecule has 0 aliphatic heterocycles. The highest BCUT2D eigenvalue weighted by Crippen LogP contribution is 2.21. The van der Waals surface area contributed by atoms with Gasteiger partial charge in [0.25, 0.3) is 5.91 Å². The molecule has 0 spiro atoms. The Kier molecular flexibility index (Phi) is 8.27. The van der Waals surface area contributed by atoms with E-state index in [1.54, 1.807) is 47.4 Å². The van der Waals surface area contributed by atoms with Crippen molar-refractivity contribution >= 4 is 46.6 Å². The number of nitrogens with one attached hydrogen (secondary N) is 3. The van der Waals surface area contributed by atoms with E-state index in [1.165, 1.54) is 11.6 Å². The summed E-state index contributed by atoms with van der Waals surface area (Å²) in [5.41, 5.74) is 4.36. The molecular formula is C26H27ClN4O3. The van der Waals surface area contributed by atoms with Gasteiger partial charge in [0, 0.05) is 23.6 Å². The molecule has 0 aliphatic rings. The fraction of sp³-hybridized carbons (Fsp3) is 0.192. The van der Waals surface area contributed by atoms with Crippen molar-refractivity contribution in [3.05, 3.63) is 88.4 Å². The number of rotatable bonds is 6. The molecule has 0 saturated carbocycles. The summed E-state index contributed by atoms with van der Waals surface area (Å²) in [6.07, 6.45) is 0.811. The van der Waals surface area contributed by atoms with Gasteiger partial charge in [0.2, 0.25) is 0 Å². The number of halogens is 1. The number of urea groups is 2. The molecule has 7 nitrogen and oxygen atoms in total. The highest BCUT2D eigenvalue weighted by molar-refractivity contribution is 6.34. The van der Waals surface area contributed by atoms with E-state index in [9.17, 15) is 14.4 Å². The van der Waals surface area contributed by atoms with Crippen molar-refractivity contribution < 1.29 is 14.4 Å². The summed E-state index contributed by atoms with van der Waals surface area (Å²) < 4.78 is 0. The molecule has 176 valence electrons. The summed E-state index contributed by atoms with van der Waals surface area (Å²) in [5, 5.41) is 7.97. The third kappa shape index (κ3) is 6.36. The molecule has 5 amide bonds. The topological polar surface area (TPSA) is 90.5 Å². The van der Waals surface area contributed by atoms with Crippen LogP contribution in [0.25, 0.3) is 0 Å². The van der Waals surface area contributed by atoms with Crippen LogP contribution in [-0.2, 0) is 0 Å². The second kappa shape index (κ2) is 11.3. The molecule has 3 N–H and O–H groups in total. The Balaban J connectivity index is 1.61. The Morgan fingerprint density at radius 3 is 2.12 bits per heavy atom. The summed E-state index contributed by atoms with van der Waals surface area (Å²) in [4.78, 5) is 39.0. The summed E-state index contributed by atoms with van der Waals surface area (Å²) in [6.45, 7) is 6.65. The lowest BCUT2D eigenvalue weighted by Crippen LogP contribution is -2.35. The normalized spacial score (nSPS) is 10.4. The maximum Gasteiger partial charge on any atom is 0.326 e. The van der Waals surface area contributed by atoms with Gasteiger partial charge in [0.05, 0.1) is 10.6 Å². The van der Waals surface area contributed by atoms with Crippen LogP contribution in [0.15, 0.2) is 66.7 Å². The molecular weight excluding hydrogens is 452 g/mol. The highest BCUT2D eigenvalue weighted by atomic mass is 35.5. The first-order valence-electron chi connectivity index (χ1n) is 10.9. The van der Waals surface area contributed by atoms with Gasteiger partial charge in [-0.2, -0.15) is 0 Å². The molecule has 0 radical (unpaired) electrons. The van der Waals surface area contributed by atoms with Crippen molar-refractivity contribution in [1.82, 2.24) is 5.32 Å². The van der Waals surface area contributed by atoms with Crippen LogP contribution in [0.2, 0.25) is 5.02 Å². The average molecular weight is 479 g/mol. The fourth-order valence-corrected chi connectivity index (χ4v) is 3.49. The Morgan fingerprint density at radius 2 is 1.50 bits per heavy atom. The summed E-state index contributed by atoms with van der Waals surface area (Å²) in [5.74, 6) is -0.602. The van der Waals surface area contributed by atoms with E-state index in [0.717, 1.165) is 17.7 Å². The van der Waals surface area contributed by atoms with Crippen molar-refractivity contribution in [2.45, 2.75) is 27.2 Å². The number of aryl methyl sites for hydroxylation is 2. The van der Waals surface area contributed by atoms with Crippen LogP contribution in [0, 0.1) is 13.8 Å². The van der Waals surface area contributed by atoms with E-state index in [2.05, 4.69) is 16.0 Å². The molecule has 0 saturated heterocycles. The molecule has 8 heteroatoms. The number of hydrogen-bond donors (Lipinski definition) is 3. The number of carbonyl (C=O) groups excluding carboxylic acids is 3. The molecule has 3 aromatic rings. The molecule has 0 unspecified atom stereocenters. The Labute approximate surface area is 204 Å². The first kappa shape index (κ1) is 24.8. The molecule has 0 aromatic heterocycles. The number of nitrogens with zero attached hydrogens (tertiary/aromatic N) is 1. The zero-order valence-electron chi connectivity index (χ0n) is 19.3. The van der Waals surface area contributed by atoms with Gasteiger partial charge < -0.3 is 10.6 Å². The summed E-state index contributed by atoms with van der Waals surface area (Å²) >= 11 is 5.99. The van der Waals surface area contributed by atoms with Crippen LogP contribution >= 0.6 is 11.6 Å². The Bertz CT molecular complexity index is 1190. The predicted octanol–water partition coefficient (Wildman–Crippen LogP) is 6.37. The monoisotopic (exact) mass is 478 g/mol. The van der Waals surface area contributed by atoms with Gasteiger partial charge in [-0.1, -0.05) is 36.7 Å². The van der Waals surface area contributed by atoms with E-state index in [0.29, 0.717) is 17.9 Å². The van der Waals surface area contributed by atoms with E-state index >= 15 is 0 Å². The first-order valence-corrected chi connectivity index (χ1v) is 11.3. The third-order valence-corrected chi connectivity index (χ3v) is 5.56. The zero-order valence-corrected chi connectivity index (χ0v) is 20.1. The van der Waals surface area contributed by atoms with Crippen molar-refractivity contribution in [3.63, 3.8) is 0 Å². The minimum Gasteiger partial charge on any atom is -0.308 e. The fourth-order valence-electron chi connectivity index (χ4n) is 3.27. The number of benzene rings is 3. The van der Waals surface area contributed by atoms with Crippen molar-refractivity contribution in [3.8, 4) is 0 Å². The average Bonchev–Trinajstić information content (AvgIpc) is 2.80. The third-order valence-electron chi connectivity index (χ3n) is 5.23. The maximum atomic E-state index is 12.9. The number of hydrogen-bond acceptors (Lipinski definition) is 3. The van der Waals surface area contributed by atoms with Crippen molar-refractivity contribution in [2.75, 3.05) is 22.1 Å². The Morgan fingerprint density at radius 1 is 0.853 bits per heavy atom. The standard InChI is InChI=1S/C26H27ClN4O3/c1-4-15-31(21-14-9-17(2)18(3)16-21)26(34)29-20-12-10-19(11-13-20)28-25(33)30-24(32)22-7-5-6-8-23(22)27/h5-14,16H,4,15H2,1-3H3,(H,29,34)(H2,28,30,32,33). The van der Waals surface area contributed by atoms with E-state index < -0.39 is 11.9 Å². The minimum absolute atomic E-state index is 0.206. The van der Waals surface area contributed by atoms with Crippen LogP contribution in [0.5, 0.6) is 0 Å². The van der Waals surface area contributed by atoms with Crippen LogP contribution < -0.4 is 20.9 Å². The molecule has 0 heterocycles. The number of imide groups is 1. The highest BCUT2D eigenvalue weighted by Gasteiger charge is 2.16. The largest absolute Gasteiger partial charge is 0.326 e. The molecule has 0 aliphatic carbocycles. The van der Waals surface area contributed by atoms with Crippen LogP contribution in [0.1, 0.15) is 34.8 Å². The van der Waals surface area contributed by atoms with Crippen molar-refractivity contribution in [2.24, 2.45) is 0 Å². The molecule has 3 aromatic carbocycles. The number of anilines is 3. The maximum absolute atomic E-state index is 12.9. The van der Waals surface area contributed by atoms with Crippen LogP contribution in [0.4, 0.5) is 26.7 Å². The lowest BCUT2D eigenvalue weighted by Gasteiger charge is -2.23. The lowest BCUT2D eigenvalue weighted by molar-refractivity contribution is 0.0967. The number of carbonyl (C=O) groups is 3. The quantitative estimate of drug-likeness (QED) is 0.384. The van der Waals surface area contributed by atoms with Gasteiger partial charge in [-0.15, -0.1) is 0 Å². The zero-order chi connectivity index (χ0) is 24.7. The molecule has 0 bridgehead atoms. The molecule has 0 atom stereocenters. The van der Waals surface area contributed by atoms with Gasteiger partial charge >= 0.3 is 12.1 Å². The second-order valence-corrected chi connectivity index (χ2v) is 8.22. The van der Waals surface area contributed by atoms with Crippen LogP contribution in [0.3, 0.4) is 0 Å². The van der Waals surface area contributed by atoms with Gasteiger partial charge in [-0.3, -0.25) is 15.0 Å². The second-order valence-electron chi connectivity index (χ2n) is 7.82. The van der Waals surface area contributed by atoms with E-state index in [-0.39, 0.29) is 16.6 Å². The van der Waals surface area contributed by atoms with Crippen molar-refractivity contribution in [1.29, 1.82) is 0 Å². The lowest BCUT2D eigenvalue weighted by atomic mass is 10.1. The van der Waals surface area contributed by atoms with Gasteiger partial charge in [-0.25, -0.2) is 9.59 Å². The van der Waals surface area contributed by atoms with Gasteiger partial charge in [-0.05, 0) is 79.9 Å². The smallest absolute Gasteiger partial charge is 0.308 e.